The van der Waals surface area contributed by atoms with Crippen molar-refractivity contribution in [1.82, 2.24) is 15.2 Å². The molecule has 19 heavy (non-hydrogen) atoms. The highest BCUT2D eigenvalue weighted by atomic mass is 19.4. The molecule has 1 aromatic rings. The maximum absolute atomic E-state index is 11.9. The van der Waals surface area contributed by atoms with E-state index in [1.54, 1.807) is 30.4 Å². The van der Waals surface area contributed by atoms with E-state index in [4.69, 9.17) is 0 Å². The molecule has 1 atom stereocenters. The summed E-state index contributed by atoms with van der Waals surface area (Å²) in [4.78, 5) is 17.0. The van der Waals surface area contributed by atoms with Crippen LogP contribution in [0.25, 0.3) is 0 Å². The molecule has 0 aliphatic carbocycles. The highest BCUT2D eigenvalue weighted by molar-refractivity contribution is 5.78. The van der Waals surface area contributed by atoms with Crippen LogP contribution in [0.15, 0.2) is 24.5 Å². The smallest absolute Gasteiger partial charge is 0.346 e. The van der Waals surface area contributed by atoms with Gasteiger partial charge in [-0.15, -0.1) is 0 Å². The molecule has 0 aliphatic heterocycles. The van der Waals surface area contributed by atoms with Crippen molar-refractivity contribution < 1.29 is 18.0 Å². The van der Waals surface area contributed by atoms with E-state index in [-0.39, 0.29) is 12.6 Å². The van der Waals surface area contributed by atoms with Crippen molar-refractivity contribution in [2.45, 2.75) is 19.1 Å². The number of hydrogen-bond acceptors (Lipinski definition) is 3. The summed E-state index contributed by atoms with van der Waals surface area (Å²) in [6.45, 7) is 0.446. The fraction of sp³-hybridized carbons (Fsp3) is 0.500. The molecule has 1 rings (SSSR count). The van der Waals surface area contributed by atoms with Gasteiger partial charge in [0.05, 0.1) is 6.54 Å². The molecule has 0 radical (unpaired) electrons. The van der Waals surface area contributed by atoms with Gasteiger partial charge >= 0.3 is 6.18 Å². The average Bonchev–Trinajstić information content (AvgIpc) is 2.35. The Kier molecular flexibility index (Phi) is 5.29. The third kappa shape index (κ3) is 5.69. The molecule has 0 bridgehead atoms. The van der Waals surface area contributed by atoms with E-state index >= 15 is 0 Å². The number of pyridine rings is 1. The lowest BCUT2D eigenvalue weighted by Crippen LogP contribution is -2.40. The van der Waals surface area contributed by atoms with Crippen LogP contribution in [0.3, 0.4) is 0 Å². The second-order valence-electron chi connectivity index (χ2n) is 4.27. The average molecular weight is 275 g/mol. The van der Waals surface area contributed by atoms with Crippen molar-refractivity contribution in [3.63, 3.8) is 0 Å². The monoisotopic (exact) mass is 275 g/mol. The number of nitrogens with zero attached hydrogens (tertiary/aromatic N) is 2. The zero-order valence-electron chi connectivity index (χ0n) is 10.7. The summed E-state index contributed by atoms with van der Waals surface area (Å²) in [6.07, 6.45) is -1.09. The van der Waals surface area contributed by atoms with E-state index in [2.05, 4.69) is 4.98 Å². The van der Waals surface area contributed by atoms with Crippen molar-refractivity contribution >= 4 is 5.91 Å². The molecule has 1 amide bonds. The minimum Gasteiger partial charge on any atom is -0.346 e. The van der Waals surface area contributed by atoms with Crippen LogP contribution in [0.1, 0.15) is 18.5 Å². The first-order valence-corrected chi connectivity index (χ1v) is 5.73. The lowest BCUT2D eigenvalue weighted by molar-refractivity contribution is -0.139. The standard InChI is InChI=1S/C12H16F3N3O/c1-9(10-4-3-5-16-6-10)18(2)7-11(19)17-8-12(13,14)15/h3-6,9H,7-8H2,1-2H3,(H,17,19). The molecule has 4 nitrogen and oxygen atoms in total. The molecule has 0 saturated carbocycles. The SMILES string of the molecule is CC(c1cccnc1)N(C)CC(=O)NCC(F)(F)F. The largest absolute Gasteiger partial charge is 0.405 e. The van der Waals surface area contributed by atoms with Gasteiger partial charge in [0.15, 0.2) is 0 Å². The van der Waals surface area contributed by atoms with Crippen LogP contribution in [-0.4, -0.2) is 42.1 Å². The van der Waals surface area contributed by atoms with Gasteiger partial charge in [-0.25, -0.2) is 0 Å². The Balaban J connectivity index is 2.46. The fourth-order valence-corrected chi connectivity index (χ4v) is 1.50. The van der Waals surface area contributed by atoms with Crippen LogP contribution < -0.4 is 5.32 Å². The molecule has 106 valence electrons. The molecular weight excluding hydrogens is 259 g/mol. The Hall–Kier alpha value is -1.63. The highest BCUT2D eigenvalue weighted by Crippen LogP contribution is 2.17. The van der Waals surface area contributed by atoms with Crippen LogP contribution in [0, 0.1) is 0 Å². The molecule has 0 spiro atoms. The molecular formula is C12H16F3N3O. The van der Waals surface area contributed by atoms with Gasteiger partial charge in [-0.3, -0.25) is 14.7 Å². The Labute approximate surface area is 109 Å². The number of alkyl halides is 3. The summed E-state index contributed by atoms with van der Waals surface area (Å²) in [7, 11) is 1.67. The Bertz CT molecular complexity index is 408. The van der Waals surface area contributed by atoms with Crippen LogP contribution in [0.5, 0.6) is 0 Å². The van der Waals surface area contributed by atoms with Crippen molar-refractivity contribution in [3.05, 3.63) is 30.1 Å². The molecule has 7 heteroatoms. The van der Waals surface area contributed by atoms with E-state index in [1.165, 1.54) is 0 Å². The predicted molar refractivity (Wildman–Crippen MR) is 64.3 cm³/mol. The quantitative estimate of drug-likeness (QED) is 0.890. The number of halogens is 3. The molecule has 0 fully saturated rings. The maximum atomic E-state index is 11.9. The van der Waals surface area contributed by atoms with E-state index in [1.807, 2.05) is 18.3 Å². The summed E-state index contributed by atoms with van der Waals surface area (Å²) in [6, 6.07) is 3.51. The van der Waals surface area contributed by atoms with Gasteiger partial charge in [0.25, 0.3) is 0 Å². The van der Waals surface area contributed by atoms with Gasteiger partial charge in [0, 0.05) is 18.4 Å². The van der Waals surface area contributed by atoms with Crippen molar-refractivity contribution in [1.29, 1.82) is 0 Å². The Morgan fingerprint density at radius 3 is 2.74 bits per heavy atom. The topological polar surface area (TPSA) is 45.2 Å². The number of nitrogens with one attached hydrogen (secondary N) is 1. The van der Waals surface area contributed by atoms with Crippen molar-refractivity contribution in [3.8, 4) is 0 Å². The first kappa shape index (κ1) is 15.4. The van der Waals surface area contributed by atoms with Crippen LogP contribution >= 0.6 is 0 Å². The lowest BCUT2D eigenvalue weighted by Gasteiger charge is -2.24. The number of carbonyl (C=O) groups excluding carboxylic acids is 1. The summed E-state index contributed by atoms with van der Waals surface area (Å²) < 4.78 is 35.8. The second-order valence-corrected chi connectivity index (χ2v) is 4.27. The zero-order chi connectivity index (χ0) is 14.5. The molecule has 1 N–H and O–H groups in total. The Morgan fingerprint density at radius 2 is 2.21 bits per heavy atom. The molecule has 1 unspecified atom stereocenters. The van der Waals surface area contributed by atoms with E-state index in [0.717, 1.165) is 5.56 Å². The van der Waals surface area contributed by atoms with E-state index in [9.17, 15) is 18.0 Å². The number of likely N-dealkylation sites (N-methyl/N-ethyl adjacent to an activating group) is 1. The molecule has 0 saturated heterocycles. The first-order chi connectivity index (χ1) is 8.79. The van der Waals surface area contributed by atoms with Crippen LogP contribution in [0.4, 0.5) is 13.2 Å². The van der Waals surface area contributed by atoms with Crippen molar-refractivity contribution in [2.24, 2.45) is 0 Å². The minimum atomic E-state index is -4.39. The first-order valence-electron chi connectivity index (χ1n) is 5.73. The van der Waals surface area contributed by atoms with Crippen LogP contribution in [0.2, 0.25) is 0 Å². The summed E-state index contributed by atoms with van der Waals surface area (Å²) in [5.41, 5.74) is 0.897. The summed E-state index contributed by atoms with van der Waals surface area (Å²) >= 11 is 0. The maximum Gasteiger partial charge on any atom is 0.405 e. The number of hydrogen-bond donors (Lipinski definition) is 1. The molecule has 0 aromatic carbocycles. The Morgan fingerprint density at radius 1 is 1.53 bits per heavy atom. The number of aromatic nitrogens is 1. The number of amides is 1. The van der Waals surface area contributed by atoms with Gasteiger partial charge in [-0.1, -0.05) is 6.07 Å². The van der Waals surface area contributed by atoms with Gasteiger partial charge in [-0.2, -0.15) is 13.2 Å². The van der Waals surface area contributed by atoms with Gasteiger partial charge < -0.3 is 5.32 Å². The second kappa shape index (κ2) is 6.51. The minimum absolute atomic E-state index is 0.105. The van der Waals surface area contributed by atoms with Gasteiger partial charge in [0.1, 0.15) is 6.54 Å². The molecule has 1 aromatic heterocycles. The number of rotatable bonds is 5. The highest BCUT2D eigenvalue weighted by Gasteiger charge is 2.28. The predicted octanol–water partition coefficient (Wildman–Crippen LogP) is 1.75. The third-order valence-electron chi connectivity index (χ3n) is 2.71. The van der Waals surface area contributed by atoms with E-state index in [0.29, 0.717) is 0 Å². The fourth-order valence-electron chi connectivity index (χ4n) is 1.50. The number of carbonyl (C=O) groups is 1. The van der Waals surface area contributed by atoms with Gasteiger partial charge in [0.2, 0.25) is 5.91 Å². The molecule has 0 aliphatic rings. The van der Waals surface area contributed by atoms with Crippen molar-refractivity contribution in [2.75, 3.05) is 20.1 Å². The molecule has 1 heterocycles. The summed E-state index contributed by atoms with van der Waals surface area (Å²) in [5.74, 6) is -0.657. The third-order valence-corrected chi connectivity index (χ3v) is 2.71. The summed E-state index contributed by atoms with van der Waals surface area (Å²) in [5, 5.41) is 1.84. The normalized spacial score (nSPS) is 13.4. The zero-order valence-corrected chi connectivity index (χ0v) is 10.7. The van der Waals surface area contributed by atoms with E-state index < -0.39 is 18.6 Å². The lowest BCUT2D eigenvalue weighted by atomic mass is 10.1. The van der Waals surface area contributed by atoms with Gasteiger partial charge in [-0.05, 0) is 25.6 Å². The van der Waals surface area contributed by atoms with Crippen LogP contribution in [-0.2, 0) is 4.79 Å².